The van der Waals surface area contributed by atoms with E-state index in [-0.39, 0.29) is 0 Å². The van der Waals surface area contributed by atoms with Gasteiger partial charge in [-0.3, -0.25) is 0 Å². The largest absolute Gasteiger partial charge is 0.311 e. The number of aromatic nitrogens is 2. The van der Waals surface area contributed by atoms with Gasteiger partial charge < -0.3 is 5.32 Å². The van der Waals surface area contributed by atoms with Crippen LogP contribution in [-0.2, 0) is 6.54 Å². The van der Waals surface area contributed by atoms with Crippen LogP contribution in [0.1, 0.15) is 19.5 Å². The summed E-state index contributed by atoms with van der Waals surface area (Å²) in [7, 11) is 0. The molecule has 4 heteroatoms. The Hall–Kier alpha value is -1.26. The Labute approximate surface area is 106 Å². The quantitative estimate of drug-likeness (QED) is 0.882. The number of rotatable bonds is 5. The summed E-state index contributed by atoms with van der Waals surface area (Å²) < 4.78 is 0. The van der Waals surface area contributed by atoms with E-state index in [0.29, 0.717) is 5.92 Å². The van der Waals surface area contributed by atoms with Gasteiger partial charge in [-0.15, -0.1) is 0 Å². The maximum atomic E-state index is 4.55. The topological polar surface area (TPSA) is 37.8 Å². The summed E-state index contributed by atoms with van der Waals surface area (Å²) in [4.78, 5) is 8.84. The highest BCUT2D eigenvalue weighted by Crippen LogP contribution is 2.17. The average Bonchev–Trinajstić information content (AvgIpc) is 2.82. The van der Waals surface area contributed by atoms with Crippen molar-refractivity contribution < 1.29 is 0 Å². The third-order valence-electron chi connectivity index (χ3n) is 2.35. The Kier molecular flexibility index (Phi) is 4.23. The molecule has 0 saturated heterocycles. The highest BCUT2D eigenvalue weighted by molar-refractivity contribution is 7.08. The first kappa shape index (κ1) is 12.2. The lowest BCUT2D eigenvalue weighted by Crippen LogP contribution is -2.19. The molecule has 3 nitrogen and oxygen atoms in total. The molecule has 0 aromatic carbocycles. The molecular weight excluding hydrogens is 230 g/mol. The van der Waals surface area contributed by atoms with Crippen LogP contribution in [-0.4, -0.2) is 16.5 Å². The zero-order valence-corrected chi connectivity index (χ0v) is 11.0. The normalized spacial score (nSPS) is 11.0. The van der Waals surface area contributed by atoms with Gasteiger partial charge in [-0.05, 0) is 30.0 Å². The van der Waals surface area contributed by atoms with Gasteiger partial charge in [-0.25, -0.2) is 9.97 Å². The minimum Gasteiger partial charge on any atom is -0.311 e. The number of thiophene rings is 1. The van der Waals surface area contributed by atoms with Gasteiger partial charge in [0.05, 0.1) is 5.69 Å². The molecule has 1 N–H and O–H groups in total. The van der Waals surface area contributed by atoms with Crippen LogP contribution < -0.4 is 5.32 Å². The van der Waals surface area contributed by atoms with E-state index in [1.54, 1.807) is 11.3 Å². The molecule has 2 aromatic heterocycles. The van der Waals surface area contributed by atoms with E-state index in [2.05, 4.69) is 34.5 Å². The van der Waals surface area contributed by atoms with Crippen molar-refractivity contribution in [3.63, 3.8) is 0 Å². The van der Waals surface area contributed by atoms with E-state index < -0.39 is 0 Å². The summed E-state index contributed by atoms with van der Waals surface area (Å²) in [6.07, 6.45) is 1.83. The minimum atomic E-state index is 0.660. The molecule has 0 atom stereocenters. The fraction of sp³-hybridized carbons (Fsp3) is 0.385. The van der Waals surface area contributed by atoms with Gasteiger partial charge in [0.25, 0.3) is 0 Å². The molecule has 0 unspecified atom stereocenters. The Morgan fingerprint density at radius 1 is 1.35 bits per heavy atom. The zero-order valence-electron chi connectivity index (χ0n) is 10.2. The van der Waals surface area contributed by atoms with Crippen molar-refractivity contribution in [2.75, 3.05) is 6.54 Å². The van der Waals surface area contributed by atoms with Gasteiger partial charge in [0.15, 0.2) is 5.82 Å². The predicted octanol–water partition coefficient (Wildman–Crippen LogP) is 2.95. The summed E-state index contributed by atoms with van der Waals surface area (Å²) in [6, 6.07) is 4.01. The van der Waals surface area contributed by atoms with Gasteiger partial charge in [0.2, 0.25) is 0 Å². The van der Waals surface area contributed by atoms with Gasteiger partial charge in [0.1, 0.15) is 0 Å². The number of nitrogens with one attached hydrogen (secondary N) is 1. The van der Waals surface area contributed by atoms with Crippen LogP contribution in [0, 0.1) is 5.92 Å². The third kappa shape index (κ3) is 3.61. The molecule has 0 aliphatic rings. The maximum Gasteiger partial charge on any atom is 0.160 e. The van der Waals surface area contributed by atoms with Crippen LogP contribution in [0.4, 0.5) is 0 Å². The van der Waals surface area contributed by atoms with Gasteiger partial charge in [-0.2, -0.15) is 11.3 Å². The molecule has 2 heterocycles. The van der Waals surface area contributed by atoms with Crippen molar-refractivity contribution in [2.24, 2.45) is 5.92 Å². The van der Waals surface area contributed by atoms with Gasteiger partial charge in [0, 0.05) is 23.7 Å². The van der Waals surface area contributed by atoms with Crippen LogP contribution in [0.15, 0.2) is 29.1 Å². The van der Waals surface area contributed by atoms with Crippen LogP contribution in [0.25, 0.3) is 11.4 Å². The van der Waals surface area contributed by atoms with Crippen molar-refractivity contribution in [3.8, 4) is 11.4 Å². The molecule has 0 radical (unpaired) electrons. The Bertz CT molecular complexity index is 451. The van der Waals surface area contributed by atoms with Crippen LogP contribution in [0.5, 0.6) is 0 Å². The molecular formula is C13H17N3S. The molecule has 2 aromatic rings. The maximum absolute atomic E-state index is 4.55. The van der Waals surface area contributed by atoms with E-state index in [0.717, 1.165) is 30.2 Å². The van der Waals surface area contributed by atoms with Crippen molar-refractivity contribution in [2.45, 2.75) is 20.4 Å². The molecule has 0 amide bonds. The lowest BCUT2D eigenvalue weighted by molar-refractivity contribution is 0.548. The van der Waals surface area contributed by atoms with Crippen molar-refractivity contribution in [1.29, 1.82) is 0 Å². The number of hydrogen-bond acceptors (Lipinski definition) is 4. The van der Waals surface area contributed by atoms with E-state index in [4.69, 9.17) is 0 Å². The standard InChI is InChI=1S/C13H17N3S/c1-10(2)7-14-8-12-3-5-15-13(16-12)11-4-6-17-9-11/h3-6,9-10,14H,7-8H2,1-2H3. The van der Waals surface area contributed by atoms with E-state index >= 15 is 0 Å². The summed E-state index contributed by atoms with van der Waals surface area (Å²) in [5, 5.41) is 7.50. The fourth-order valence-electron chi connectivity index (χ4n) is 1.51. The van der Waals surface area contributed by atoms with E-state index in [1.165, 1.54) is 0 Å². The first-order valence-electron chi connectivity index (χ1n) is 5.81. The molecule has 0 saturated carbocycles. The molecule has 0 bridgehead atoms. The summed E-state index contributed by atoms with van der Waals surface area (Å²) >= 11 is 1.67. The Balaban J connectivity index is 2.02. The second-order valence-corrected chi connectivity index (χ2v) is 5.19. The Morgan fingerprint density at radius 3 is 2.94 bits per heavy atom. The predicted molar refractivity (Wildman–Crippen MR) is 71.9 cm³/mol. The summed E-state index contributed by atoms with van der Waals surface area (Å²) in [5.74, 6) is 1.48. The second-order valence-electron chi connectivity index (χ2n) is 4.41. The molecule has 0 fully saturated rings. The van der Waals surface area contributed by atoms with Crippen LogP contribution in [0.3, 0.4) is 0 Å². The lowest BCUT2D eigenvalue weighted by atomic mass is 10.2. The van der Waals surface area contributed by atoms with Crippen molar-refractivity contribution in [3.05, 3.63) is 34.8 Å². The monoisotopic (exact) mass is 247 g/mol. The number of hydrogen-bond donors (Lipinski definition) is 1. The van der Waals surface area contributed by atoms with Crippen LogP contribution in [0.2, 0.25) is 0 Å². The highest BCUT2D eigenvalue weighted by Gasteiger charge is 2.03. The van der Waals surface area contributed by atoms with E-state index in [1.807, 2.05) is 23.7 Å². The van der Waals surface area contributed by atoms with Crippen LogP contribution >= 0.6 is 11.3 Å². The second kappa shape index (κ2) is 5.89. The zero-order chi connectivity index (χ0) is 12.1. The third-order valence-corrected chi connectivity index (χ3v) is 3.03. The number of nitrogens with zero attached hydrogens (tertiary/aromatic N) is 2. The lowest BCUT2D eigenvalue weighted by Gasteiger charge is -2.07. The molecule has 0 aliphatic carbocycles. The van der Waals surface area contributed by atoms with Crippen molar-refractivity contribution >= 4 is 11.3 Å². The smallest absolute Gasteiger partial charge is 0.160 e. The summed E-state index contributed by atoms with van der Waals surface area (Å²) in [6.45, 7) is 6.21. The highest BCUT2D eigenvalue weighted by atomic mass is 32.1. The SMILES string of the molecule is CC(C)CNCc1ccnc(-c2ccsc2)n1. The summed E-state index contributed by atoms with van der Waals surface area (Å²) in [5.41, 5.74) is 2.14. The van der Waals surface area contributed by atoms with Crippen molar-refractivity contribution in [1.82, 2.24) is 15.3 Å². The molecule has 90 valence electrons. The molecule has 2 rings (SSSR count). The molecule has 17 heavy (non-hydrogen) atoms. The van der Waals surface area contributed by atoms with E-state index in [9.17, 15) is 0 Å². The molecule has 0 spiro atoms. The van der Waals surface area contributed by atoms with Gasteiger partial charge >= 0.3 is 0 Å². The fourth-order valence-corrected chi connectivity index (χ4v) is 2.15. The van der Waals surface area contributed by atoms with Gasteiger partial charge in [-0.1, -0.05) is 13.8 Å². The Morgan fingerprint density at radius 2 is 2.24 bits per heavy atom. The first-order valence-corrected chi connectivity index (χ1v) is 6.75. The first-order chi connectivity index (χ1) is 8.25. The molecule has 0 aliphatic heterocycles. The average molecular weight is 247 g/mol. The minimum absolute atomic E-state index is 0.660.